The molecule has 5 nitrogen and oxygen atoms in total. The van der Waals surface area contributed by atoms with E-state index in [0.29, 0.717) is 6.41 Å². The first-order valence-corrected chi connectivity index (χ1v) is 2.59. The Morgan fingerprint density at radius 2 is 2.50 bits per heavy atom. The molecule has 0 aliphatic rings. The van der Waals surface area contributed by atoms with Crippen LogP contribution in [0, 0.1) is 0 Å². The van der Waals surface area contributed by atoms with Crippen LogP contribution in [-0.4, -0.2) is 22.2 Å². The van der Waals surface area contributed by atoms with Crippen LogP contribution in [0.15, 0.2) is 18.5 Å². The van der Waals surface area contributed by atoms with Crippen molar-refractivity contribution in [3.8, 4) is 0 Å². The summed E-state index contributed by atoms with van der Waals surface area (Å²) in [6.07, 6.45) is 3.20. The normalized spacial score (nSPS) is 8.80. The average molecular weight is 139 g/mol. The molecule has 0 saturated heterocycles. The molecule has 0 radical (unpaired) electrons. The maximum Gasteiger partial charge on any atom is 0.348 e. The smallest absolute Gasteiger partial charge is 0.279 e. The lowest BCUT2D eigenvalue weighted by molar-refractivity contribution is -0.108. The van der Waals surface area contributed by atoms with E-state index < -0.39 is 6.03 Å². The summed E-state index contributed by atoms with van der Waals surface area (Å²) < 4.78 is 1.02. The van der Waals surface area contributed by atoms with Gasteiger partial charge in [-0.3, -0.25) is 10.1 Å². The highest BCUT2D eigenvalue weighted by atomic mass is 16.2. The van der Waals surface area contributed by atoms with Gasteiger partial charge in [0, 0.05) is 12.4 Å². The highest BCUT2D eigenvalue weighted by molar-refractivity contribution is 5.85. The lowest BCUT2D eigenvalue weighted by Crippen LogP contribution is -2.27. The van der Waals surface area contributed by atoms with Crippen LogP contribution in [0.25, 0.3) is 0 Å². The molecule has 0 atom stereocenters. The number of rotatable bonds is 1. The van der Waals surface area contributed by atoms with Gasteiger partial charge in [-0.2, -0.15) is 9.78 Å². The molecular formula is C5H5N3O2. The molecule has 0 fully saturated rings. The molecule has 0 aliphatic heterocycles. The fraction of sp³-hybridized carbons (Fsp3) is 0. The molecule has 5 heteroatoms. The Morgan fingerprint density at radius 3 is 3.00 bits per heavy atom. The largest absolute Gasteiger partial charge is 0.348 e. The van der Waals surface area contributed by atoms with Crippen LogP contribution in [0.1, 0.15) is 0 Å². The van der Waals surface area contributed by atoms with Crippen molar-refractivity contribution < 1.29 is 9.59 Å². The Morgan fingerprint density at radius 1 is 1.70 bits per heavy atom. The highest BCUT2D eigenvalue weighted by Gasteiger charge is 1.99. The standard InChI is InChI=1S/C5H5N3O2/c9-4-6-5(10)8-3-1-2-7-8/h1-4H,(H,6,9,10). The number of nitrogens with zero attached hydrogens (tertiary/aromatic N) is 2. The van der Waals surface area contributed by atoms with Gasteiger partial charge in [-0.05, 0) is 6.07 Å². The van der Waals surface area contributed by atoms with Gasteiger partial charge in [0.15, 0.2) is 0 Å². The molecular weight excluding hydrogens is 134 g/mol. The minimum atomic E-state index is -0.556. The zero-order valence-electron chi connectivity index (χ0n) is 5.02. The molecule has 0 bridgehead atoms. The van der Waals surface area contributed by atoms with Gasteiger partial charge >= 0.3 is 6.03 Å². The summed E-state index contributed by atoms with van der Waals surface area (Å²) in [4.78, 5) is 20.4. The molecule has 2 amide bonds. The Hall–Kier alpha value is -1.65. The quantitative estimate of drug-likeness (QED) is 0.538. The molecule has 52 valence electrons. The summed E-state index contributed by atoms with van der Waals surface area (Å²) >= 11 is 0. The van der Waals surface area contributed by atoms with E-state index >= 15 is 0 Å². The van der Waals surface area contributed by atoms with Crippen LogP contribution < -0.4 is 5.32 Å². The fourth-order valence-corrected chi connectivity index (χ4v) is 0.505. The molecule has 0 spiro atoms. The van der Waals surface area contributed by atoms with Gasteiger partial charge in [-0.25, -0.2) is 4.79 Å². The zero-order valence-corrected chi connectivity index (χ0v) is 5.02. The second kappa shape index (κ2) is 2.77. The maximum absolute atomic E-state index is 10.7. The number of aromatic nitrogens is 2. The van der Waals surface area contributed by atoms with Gasteiger partial charge in [0.25, 0.3) is 0 Å². The molecule has 0 saturated carbocycles. The van der Waals surface area contributed by atoms with Crippen molar-refractivity contribution in [2.75, 3.05) is 0 Å². The summed E-state index contributed by atoms with van der Waals surface area (Å²) in [5.74, 6) is 0. The first kappa shape index (κ1) is 6.47. The molecule has 1 N–H and O–H groups in total. The number of hydrogen-bond donors (Lipinski definition) is 1. The Bertz CT molecular complexity index is 229. The van der Waals surface area contributed by atoms with Gasteiger partial charge in [-0.1, -0.05) is 0 Å². The average Bonchev–Trinajstić information content (AvgIpc) is 2.38. The molecule has 1 aromatic heterocycles. The Balaban J connectivity index is 2.68. The molecule has 1 heterocycles. The Labute approximate surface area is 56.6 Å². The number of carbonyl (C=O) groups is 2. The van der Waals surface area contributed by atoms with E-state index in [-0.39, 0.29) is 0 Å². The summed E-state index contributed by atoms with van der Waals surface area (Å²) in [6.45, 7) is 0. The van der Waals surface area contributed by atoms with Crippen LogP contribution in [0.2, 0.25) is 0 Å². The lowest BCUT2D eigenvalue weighted by Gasteiger charge is -1.93. The van der Waals surface area contributed by atoms with Crippen LogP contribution in [0.4, 0.5) is 4.79 Å². The predicted molar refractivity (Wildman–Crippen MR) is 32.2 cm³/mol. The van der Waals surface area contributed by atoms with Crippen molar-refractivity contribution >= 4 is 12.4 Å². The summed E-state index contributed by atoms with van der Waals surface area (Å²) in [5.41, 5.74) is 0. The third-order valence-corrected chi connectivity index (χ3v) is 0.895. The minimum Gasteiger partial charge on any atom is -0.279 e. The number of imide groups is 1. The van der Waals surface area contributed by atoms with Gasteiger partial charge in [-0.15, -0.1) is 0 Å². The van der Waals surface area contributed by atoms with Crippen LogP contribution in [0.3, 0.4) is 0 Å². The second-order valence-corrected chi connectivity index (χ2v) is 1.52. The van der Waals surface area contributed by atoms with Crippen molar-refractivity contribution in [2.24, 2.45) is 0 Å². The Kier molecular flexibility index (Phi) is 1.79. The van der Waals surface area contributed by atoms with Crippen molar-refractivity contribution in [1.29, 1.82) is 0 Å². The maximum atomic E-state index is 10.7. The first-order valence-electron chi connectivity index (χ1n) is 2.59. The third kappa shape index (κ3) is 1.19. The molecule has 1 rings (SSSR count). The van der Waals surface area contributed by atoms with Gasteiger partial charge in [0.2, 0.25) is 6.41 Å². The molecule has 10 heavy (non-hydrogen) atoms. The van der Waals surface area contributed by atoms with Crippen LogP contribution in [0.5, 0.6) is 0 Å². The third-order valence-electron chi connectivity index (χ3n) is 0.895. The zero-order chi connectivity index (χ0) is 7.40. The lowest BCUT2D eigenvalue weighted by atomic mass is 10.7. The van der Waals surface area contributed by atoms with E-state index in [9.17, 15) is 9.59 Å². The van der Waals surface area contributed by atoms with Crippen molar-refractivity contribution in [1.82, 2.24) is 15.1 Å². The molecule has 1 aromatic rings. The van der Waals surface area contributed by atoms with Crippen LogP contribution in [-0.2, 0) is 4.79 Å². The first-order chi connectivity index (χ1) is 4.84. The minimum absolute atomic E-state index is 0.310. The van der Waals surface area contributed by atoms with Crippen molar-refractivity contribution in [2.45, 2.75) is 0 Å². The number of amides is 2. The van der Waals surface area contributed by atoms with E-state index in [0.717, 1.165) is 4.68 Å². The number of nitrogens with one attached hydrogen (secondary N) is 1. The van der Waals surface area contributed by atoms with E-state index in [2.05, 4.69) is 5.10 Å². The summed E-state index contributed by atoms with van der Waals surface area (Å²) in [7, 11) is 0. The van der Waals surface area contributed by atoms with E-state index in [4.69, 9.17) is 0 Å². The fourth-order valence-electron chi connectivity index (χ4n) is 0.505. The van der Waals surface area contributed by atoms with Crippen LogP contribution >= 0.6 is 0 Å². The van der Waals surface area contributed by atoms with Crippen molar-refractivity contribution in [3.05, 3.63) is 18.5 Å². The second-order valence-electron chi connectivity index (χ2n) is 1.52. The van der Waals surface area contributed by atoms with E-state index in [1.54, 1.807) is 6.07 Å². The van der Waals surface area contributed by atoms with Gasteiger partial charge in [0.05, 0.1) is 0 Å². The highest BCUT2D eigenvalue weighted by Crippen LogP contribution is 1.81. The number of hydrogen-bond acceptors (Lipinski definition) is 3. The van der Waals surface area contributed by atoms with E-state index in [1.165, 1.54) is 12.4 Å². The van der Waals surface area contributed by atoms with Gasteiger partial charge in [0.1, 0.15) is 0 Å². The molecule has 0 aromatic carbocycles. The van der Waals surface area contributed by atoms with Crippen molar-refractivity contribution in [3.63, 3.8) is 0 Å². The molecule has 0 unspecified atom stereocenters. The monoisotopic (exact) mass is 139 g/mol. The predicted octanol–water partition coefficient (Wildman–Crippen LogP) is -0.403. The topological polar surface area (TPSA) is 64.0 Å². The summed E-state index contributed by atoms with van der Waals surface area (Å²) in [5, 5.41) is 5.51. The SMILES string of the molecule is O=CNC(=O)n1cccn1. The molecule has 0 aliphatic carbocycles. The van der Waals surface area contributed by atoms with E-state index in [1.807, 2.05) is 5.32 Å². The van der Waals surface area contributed by atoms with Gasteiger partial charge < -0.3 is 0 Å². The summed E-state index contributed by atoms with van der Waals surface area (Å²) in [6, 6.07) is 1.03. The number of carbonyl (C=O) groups excluding carboxylic acids is 2.